The number of carbonyl (C=O) groups excluding carboxylic acids is 2. The first-order valence-electron chi connectivity index (χ1n) is 10.4. The fraction of sp³-hybridized carbons (Fsp3) is 0.545. The molecule has 0 N–H and O–H groups in total. The van der Waals surface area contributed by atoms with Gasteiger partial charge in [0.2, 0.25) is 0 Å². The van der Waals surface area contributed by atoms with E-state index in [1.165, 1.54) is 0 Å². The molecule has 0 amide bonds. The summed E-state index contributed by atoms with van der Waals surface area (Å²) in [6, 6.07) is 5.45. The van der Waals surface area contributed by atoms with E-state index in [0.717, 1.165) is 5.71 Å². The van der Waals surface area contributed by atoms with Crippen LogP contribution in [-0.4, -0.2) is 48.8 Å². The summed E-state index contributed by atoms with van der Waals surface area (Å²) in [5.41, 5.74) is 10.3. The van der Waals surface area contributed by atoms with Gasteiger partial charge >= 0.3 is 5.97 Å². The number of aromatic nitrogens is 1. The van der Waals surface area contributed by atoms with E-state index in [1.807, 2.05) is 26.0 Å². The highest BCUT2D eigenvalue weighted by Crippen LogP contribution is 2.46. The number of hydrogen-bond acceptors (Lipinski definition) is 7. The molecule has 31 heavy (non-hydrogen) atoms. The predicted molar refractivity (Wildman–Crippen MR) is 114 cm³/mol. The standard InChI is InChI=1S/C22H27N5O4/c1-4-31-21(29)20-16(13-30-10-9-25-27-23)26-15-11-22(2,3)12-17(28)18(15)19(20)14-7-5-6-8-24-14/h5-8,18-19H,4,9-13H2,1-3H3. The molecule has 0 aromatic carbocycles. The summed E-state index contributed by atoms with van der Waals surface area (Å²) in [6.07, 6.45) is 2.70. The number of pyridine rings is 1. The minimum Gasteiger partial charge on any atom is -0.463 e. The molecule has 0 radical (unpaired) electrons. The first-order chi connectivity index (χ1) is 14.9. The molecule has 9 heteroatoms. The number of ether oxygens (including phenoxy) is 2. The van der Waals surface area contributed by atoms with E-state index in [-0.39, 0.29) is 37.6 Å². The fourth-order valence-electron chi connectivity index (χ4n) is 4.26. The highest BCUT2D eigenvalue weighted by molar-refractivity contribution is 6.12. The normalized spacial score (nSPS) is 22.3. The summed E-state index contributed by atoms with van der Waals surface area (Å²) in [5, 5.41) is 3.45. The van der Waals surface area contributed by atoms with Crippen molar-refractivity contribution in [3.63, 3.8) is 0 Å². The lowest BCUT2D eigenvalue weighted by Crippen LogP contribution is -2.44. The Morgan fingerprint density at radius 2 is 2.13 bits per heavy atom. The van der Waals surface area contributed by atoms with Gasteiger partial charge in [-0.25, -0.2) is 4.79 Å². The van der Waals surface area contributed by atoms with Gasteiger partial charge in [0.15, 0.2) is 0 Å². The van der Waals surface area contributed by atoms with Crippen LogP contribution in [0.1, 0.15) is 45.2 Å². The molecule has 1 aromatic heterocycles. The maximum absolute atomic E-state index is 13.2. The largest absolute Gasteiger partial charge is 0.463 e. The summed E-state index contributed by atoms with van der Waals surface area (Å²) >= 11 is 0. The maximum atomic E-state index is 13.2. The van der Waals surface area contributed by atoms with E-state index in [2.05, 4.69) is 15.0 Å². The van der Waals surface area contributed by atoms with Gasteiger partial charge < -0.3 is 9.47 Å². The number of Topliss-reactive ketones (excluding diaryl/α,β-unsaturated/α-hetero) is 1. The van der Waals surface area contributed by atoms with Gasteiger partial charge in [0.05, 0.1) is 42.9 Å². The predicted octanol–water partition coefficient (Wildman–Crippen LogP) is 3.77. The number of ketones is 1. The average Bonchev–Trinajstić information content (AvgIpc) is 2.72. The van der Waals surface area contributed by atoms with Crippen LogP contribution >= 0.6 is 0 Å². The number of azide groups is 1. The Morgan fingerprint density at radius 1 is 1.32 bits per heavy atom. The summed E-state index contributed by atoms with van der Waals surface area (Å²) in [5.74, 6) is -1.59. The molecule has 0 spiro atoms. The topological polar surface area (TPSA) is 127 Å². The lowest BCUT2D eigenvalue weighted by molar-refractivity contribution is -0.139. The van der Waals surface area contributed by atoms with Gasteiger partial charge in [-0.15, -0.1) is 0 Å². The van der Waals surface area contributed by atoms with Gasteiger partial charge in [0.1, 0.15) is 5.78 Å². The second-order valence-electron chi connectivity index (χ2n) is 8.39. The number of rotatable bonds is 8. The van der Waals surface area contributed by atoms with Crippen molar-refractivity contribution in [2.45, 2.75) is 39.5 Å². The van der Waals surface area contributed by atoms with Gasteiger partial charge in [-0.1, -0.05) is 25.0 Å². The van der Waals surface area contributed by atoms with Crippen LogP contribution in [0.15, 0.2) is 45.8 Å². The zero-order valence-corrected chi connectivity index (χ0v) is 18.1. The van der Waals surface area contributed by atoms with Crippen LogP contribution in [0.2, 0.25) is 0 Å². The molecule has 1 aliphatic carbocycles. The van der Waals surface area contributed by atoms with Crippen LogP contribution < -0.4 is 0 Å². The van der Waals surface area contributed by atoms with Crippen molar-refractivity contribution in [3.05, 3.63) is 51.8 Å². The van der Waals surface area contributed by atoms with Crippen LogP contribution in [0.3, 0.4) is 0 Å². The Balaban J connectivity index is 2.09. The summed E-state index contributed by atoms with van der Waals surface area (Å²) in [6.45, 7) is 6.42. The van der Waals surface area contributed by atoms with Crippen LogP contribution in [0.25, 0.3) is 10.4 Å². The van der Waals surface area contributed by atoms with Crippen molar-refractivity contribution in [2.75, 3.05) is 26.4 Å². The molecule has 1 saturated carbocycles. The zero-order valence-electron chi connectivity index (χ0n) is 18.1. The van der Waals surface area contributed by atoms with Crippen LogP contribution in [-0.2, 0) is 19.1 Å². The summed E-state index contributed by atoms with van der Waals surface area (Å²) in [4.78, 5) is 38.2. The van der Waals surface area contributed by atoms with Gasteiger partial charge in [0.25, 0.3) is 0 Å². The second kappa shape index (κ2) is 9.85. The van der Waals surface area contributed by atoms with Crippen LogP contribution in [0, 0.1) is 11.3 Å². The molecule has 2 unspecified atom stereocenters. The van der Waals surface area contributed by atoms with E-state index in [4.69, 9.17) is 20.0 Å². The lowest BCUT2D eigenvalue weighted by Gasteiger charge is -2.40. The number of nitrogens with zero attached hydrogens (tertiary/aromatic N) is 5. The average molecular weight is 425 g/mol. The fourth-order valence-corrected chi connectivity index (χ4v) is 4.26. The molecular weight excluding hydrogens is 398 g/mol. The van der Waals surface area contributed by atoms with Gasteiger partial charge in [-0.05, 0) is 36.4 Å². The monoisotopic (exact) mass is 425 g/mol. The Hall–Kier alpha value is -3.03. The highest BCUT2D eigenvalue weighted by Gasteiger charge is 2.48. The third kappa shape index (κ3) is 5.18. The number of carbonyl (C=O) groups is 2. The molecule has 2 heterocycles. The second-order valence-corrected chi connectivity index (χ2v) is 8.39. The molecular formula is C22H27N5O4. The van der Waals surface area contributed by atoms with Crippen molar-refractivity contribution in [2.24, 2.45) is 21.4 Å². The molecule has 1 fully saturated rings. The summed E-state index contributed by atoms with van der Waals surface area (Å²) in [7, 11) is 0. The van der Waals surface area contributed by atoms with Gasteiger partial charge in [-0.2, -0.15) is 0 Å². The van der Waals surface area contributed by atoms with E-state index < -0.39 is 17.8 Å². The van der Waals surface area contributed by atoms with Gasteiger partial charge in [-0.3, -0.25) is 14.8 Å². The SMILES string of the molecule is CCOC(=O)C1=C(COCCN=[N+]=[N-])N=C2CC(C)(C)CC(=O)C2C1c1ccccn1. The Kier molecular flexibility index (Phi) is 7.20. The minimum atomic E-state index is -0.577. The Labute approximate surface area is 181 Å². The molecule has 1 aliphatic heterocycles. The number of esters is 1. The molecule has 3 rings (SSSR count). The molecule has 1 aromatic rings. The molecule has 0 saturated heterocycles. The van der Waals surface area contributed by atoms with Crippen LogP contribution in [0.4, 0.5) is 0 Å². The van der Waals surface area contributed by atoms with Gasteiger partial charge in [0, 0.05) is 35.5 Å². The van der Waals surface area contributed by atoms with E-state index in [9.17, 15) is 9.59 Å². The maximum Gasteiger partial charge on any atom is 0.336 e. The number of fused-ring (bicyclic) bond motifs is 1. The van der Waals surface area contributed by atoms with E-state index >= 15 is 0 Å². The third-order valence-electron chi connectivity index (χ3n) is 5.39. The van der Waals surface area contributed by atoms with E-state index in [0.29, 0.717) is 29.8 Å². The first kappa shape index (κ1) is 22.7. The Morgan fingerprint density at radius 3 is 2.81 bits per heavy atom. The number of hydrogen-bond donors (Lipinski definition) is 0. The third-order valence-corrected chi connectivity index (χ3v) is 5.39. The van der Waals surface area contributed by atoms with Crippen molar-refractivity contribution in [1.29, 1.82) is 0 Å². The quantitative estimate of drug-likeness (QED) is 0.206. The molecule has 9 nitrogen and oxygen atoms in total. The molecule has 2 atom stereocenters. The molecule has 164 valence electrons. The van der Waals surface area contributed by atoms with E-state index in [1.54, 1.807) is 19.2 Å². The first-order valence-corrected chi connectivity index (χ1v) is 10.4. The smallest absolute Gasteiger partial charge is 0.336 e. The summed E-state index contributed by atoms with van der Waals surface area (Å²) < 4.78 is 11.0. The number of aliphatic imine (C=N–C) groups is 1. The van der Waals surface area contributed by atoms with Crippen molar-refractivity contribution < 1.29 is 19.1 Å². The van der Waals surface area contributed by atoms with Crippen LogP contribution in [0.5, 0.6) is 0 Å². The van der Waals surface area contributed by atoms with Crippen molar-refractivity contribution >= 4 is 17.5 Å². The van der Waals surface area contributed by atoms with Crippen molar-refractivity contribution in [3.8, 4) is 0 Å². The highest BCUT2D eigenvalue weighted by atomic mass is 16.5. The molecule has 2 aliphatic rings. The molecule has 0 bridgehead atoms. The zero-order chi connectivity index (χ0) is 22.4. The Bertz CT molecular complexity index is 948. The van der Waals surface area contributed by atoms with Crippen molar-refractivity contribution in [1.82, 2.24) is 4.98 Å². The lowest BCUT2D eigenvalue weighted by atomic mass is 9.64. The minimum absolute atomic E-state index is 0.0449.